The summed E-state index contributed by atoms with van der Waals surface area (Å²) in [6, 6.07) is 13.2. The number of halogens is 1. The van der Waals surface area contributed by atoms with E-state index in [1.54, 1.807) is 37.4 Å². The van der Waals surface area contributed by atoms with Crippen molar-refractivity contribution in [1.82, 2.24) is 15.2 Å². The molecule has 0 aliphatic heterocycles. The molecule has 0 unspecified atom stereocenters. The second-order valence-corrected chi connectivity index (χ2v) is 8.62. The van der Waals surface area contributed by atoms with E-state index in [9.17, 15) is 22.4 Å². The molecule has 10 heteroatoms. The van der Waals surface area contributed by atoms with Crippen LogP contribution in [0.15, 0.2) is 65.7 Å². The van der Waals surface area contributed by atoms with Crippen molar-refractivity contribution in [1.29, 1.82) is 0 Å². The van der Waals surface area contributed by atoms with Crippen molar-refractivity contribution in [2.24, 2.45) is 5.73 Å². The minimum atomic E-state index is -4.30. The van der Waals surface area contributed by atoms with Gasteiger partial charge in [-0.05, 0) is 66.4 Å². The Kier molecular flexibility index (Phi) is 7.17. The number of carbonyl (C=O) groups excluding carboxylic acids is 2. The van der Waals surface area contributed by atoms with Gasteiger partial charge >= 0.3 is 0 Å². The van der Waals surface area contributed by atoms with E-state index in [4.69, 9.17) is 5.73 Å². The Hall–Kier alpha value is -4.07. The monoisotopic (exact) mass is 466 g/mol. The summed E-state index contributed by atoms with van der Waals surface area (Å²) < 4.78 is 38.4. The number of rotatable bonds is 6. The first-order valence-corrected chi connectivity index (χ1v) is 11.1. The largest absolute Gasteiger partial charge is 0.359 e. The molecule has 4 N–H and O–H groups in total. The zero-order valence-corrected chi connectivity index (χ0v) is 18.2. The molecule has 2 amide bonds. The van der Waals surface area contributed by atoms with E-state index < -0.39 is 32.6 Å². The molecule has 0 saturated heterocycles. The third-order valence-corrected chi connectivity index (χ3v) is 5.67. The molecule has 0 atom stereocenters. The van der Waals surface area contributed by atoms with Crippen LogP contribution in [0, 0.1) is 24.6 Å². The molecule has 0 bridgehead atoms. The lowest BCUT2D eigenvalue weighted by atomic mass is 10.0. The quantitative estimate of drug-likeness (QED) is 0.377. The molecule has 168 valence electrons. The Morgan fingerprint density at radius 1 is 1.12 bits per heavy atom. The van der Waals surface area contributed by atoms with Crippen LogP contribution in [0.5, 0.6) is 0 Å². The topological polar surface area (TPSA) is 131 Å². The predicted molar refractivity (Wildman–Crippen MR) is 119 cm³/mol. The Bertz CT molecular complexity index is 1390. The highest BCUT2D eigenvalue weighted by Crippen LogP contribution is 2.22. The van der Waals surface area contributed by atoms with Gasteiger partial charge in [-0.2, -0.15) is 0 Å². The van der Waals surface area contributed by atoms with Crippen molar-refractivity contribution >= 4 is 21.8 Å². The predicted octanol–water partition coefficient (Wildman–Crippen LogP) is 1.85. The van der Waals surface area contributed by atoms with E-state index in [-0.39, 0.29) is 12.0 Å². The zero-order chi connectivity index (χ0) is 24.0. The Morgan fingerprint density at radius 2 is 1.88 bits per heavy atom. The van der Waals surface area contributed by atoms with Crippen molar-refractivity contribution in [2.75, 3.05) is 0 Å². The molecule has 0 fully saturated rings. The minimum absolute atomic E-state index is 0.168. The molecule has 0 radical (unpaired) electrons. The number of hydrogen-bond donors (Lipinski definition) is 3. The van der Waals surface area contributed by atoms with Crippen LogP contribution >= 0.6 is 0 Å². The zero-order valence-electron chi connectivity index (χ0n) is 17.4. The van der Waals surface area contributed by atoms with Crippen molar-refractivity contribution in [3.8, 4) is 23.1 Å². The van der Waals surface area contributed by atoms with E-state index in [1.807, 2.05) is 10.9 Å². The van der Waals surface area contributed by atoms with Gasteiger partial charge in [-0.15, -0.1) is 4.83 Å². The number of pyridine rings is 1. The average Bonchev–Trinajstić information content (AvgIpc) is 2.77. The summed E-state index contributed by atoms with van der Waals surface area (Å²) in [4.78, 5) is 29.0. The number of hydrazine groups is 1. The maximum absolute atomic E-state index is 13.8. The van der Waals surface area contributed by atoms with Crippen LogP contribution in [0.4, 0.5) is 4.39 Å². The van der Waals surface area contributed by atoms with Gasteiger partial charge in [0.25, 0.3) is 21.8 Å². The fraction of sp³-hybridized carbons (Fsp3) is 0.0870. The number of nitrogens with one attached hydrogen (secondary N) is 2. The molecule has 0 aliphatic rings. The standard InChI is InChI=1S/C23H19FN4O4S/c1-15-11-17(20-13-16(9-10-26-20)5-4-8-22(25)29)14-18(12-15)23(30)27-28-33(31,32)21-7-3-2-6-19(21)24/h2-3,6-7,9-14,28H,5H2,1H3,(H2,25,29)(H,27,30). The van der Waals surface area contributed by atoms with E-state index in [0.717, 1.165) is 23.3 Å². The van der Waals surface area contributed by atoms with Crippen molar-refractivity contribution in [3.63, 3.8) is 0 Å². The fourth-order valence-electron chi connectivity index (χ4n) is 2.94. The summed E-state index contributed by atoms with van der Waals surface area (Å²) in [6.45, 7) is 1.77. The van der Waals surface area contributed by atoms with Gasteiger partial charge in [0, 0.05) is 23.7 Å². The van der Waals surface area contributed by atoms with Gasteiger partial charge in [0.05, 0.1) is 5.69 Å². The second kappa shape index (κ2) is 10.0. The van der Waals surface area contributed by atoms with Crippen LogP contribution < -0.4 is 16.0 Å². The summed E-state index contributed by atoms with van der Waals surface area (Å²) in [7, 11) is -4.30. The first kappa shape index (κ1) is 23.6. The number of hydrogen-bond acceptors (Lipinski definition) is 5. The first-order valence-electron chi connectivity index (χ1n) is 9.58. The number of benzene rings is 2. The molecule has 0 spiro atoms. The van der Waals surface area contributed by atoms with Gasteiger partial charge in [-0.1, -0.05) is 18.1 Å². The van der Waals surface area contributed by atoms with Crippen LogP contribution in [-0.4, -0.2) is 25.2 Å². The van der Waals surface area contributed by atoms with Gasteiger partial charge in [0.15, 0.2) is 0 Å². The molecule has 0 saturated carbocycles. The molecule has 2 aromatic carbocycles. The molecule has 8 nitrogen and oxygen atoms in total. The highest BCUT2D eigenvalue weighted by atomic mass is 32.2. The molecule has 3 aromatic rings. The Balaban J connectivity index is 1.80. The number of nitrogens with zero attached hydrogens (tertiary/aromatic N) is 1. The Labute approximate surface area is 190 Å². The van der Waals surface area contributed by atoms with Gasteiger partial charge in [-0.3, -0.25) is 20.0 Å². The lowest BCUT2D eigenvalue weighted by Gasteiger charge is -2.11. The minimum Gasteiger partial charge on any atom is -0.359 e. The smallest absolute Gasteiger partial charge is 0.293 e. The van der Waals surface area contributed by atoms with Crippen LogP contribution in [0.1, 0.15) is 21.5 Å². The number of amides is 2. The van der Waals surface area contributed by atoms with Crippen LogP contribution in [0.3, 0.4) is 0 Å². The Morgan fingerprint density at radius 3 is 2.61 bits per heavy atom. The lowest BCUT2D eigenvalue weighted by Crippen LogP contribution is -2.41. The summed E-state index contributed by atoms with van der Waals surface area (Å²) in [6.07, 6.45) is 1.86. The van der Waals surface area contributed by atoms with Gasteiger partial charge in [0.1, 0.15) is 10.7 Å². The number of aryl methyl sites for hydroxylation is 1. The fourth-order valence-corrected chi connectivity index (χ4v) is 3.86. The summed E-state index contributed by atoms with van der Waals surface area (Å²) >= 11 is 0. The highest BCUT2D eigenvalue weighted by molar-refractivity contribution is 7.89. The summed E-state index contributed by atoms with van der Waals surface area (Å²) in [5.74, 6) is 2.53. The number of primary amides is 1. The van der Waals surface area contributed by atoms with Gasteiger partial charge < -0.3 is 5.73 Å². The SMILES string of the molecule is Cc1cc(C(=O)NNS(=O)(=O)c2ccccc2F)cc(-c2cc(CC#CC(N)=O)ccn2)c1. The maximum Gasteiger partial charge on any atom is 0.293 e. The molecule has 0 aliphatic carbocycles. The van der Waals surface area contributed by atoms with Crippen LogP contribution in [0.2, 0.25) is 0 Å². The summed E-state index contributed by atoms with van der Waals surface area (Å²) in [5.41, 5.74) is 9.96. The summed E-state index contributed by atoms with van der Waals surface area (Å²) in [5, 5.41) is 0. The molecule has 1 aromatic heterocycles. The molecular weight excluding hydrogens is 447 g/mol. The average molecular weight is 466 g/mol. The second-order valence-electron chi connectivity index (χ2n) is 6.97. The number of carbonyl (C=O) groups is 2. The number of nitrogens with two attached hydrogens (primary N) is 1. The number of sulfonamides is 1. The third kappa shape index (κ3) is 6.22. The van der Waals surface area contributed by atoms with E-state index in [1.165, 1.54) is 12.1 Å². The van der Waals surface area contributed by atoms with Crippen LogP contribution in [-0.2, 0) is 21.2 Å². The van der Waals surface area contributed by atoms with E-state index in [0.29, 0.717) is 11.3 Å². The van der Waals surface area contributed by atoms with Crippen molar-refractivity contribution in [3.05, 3.63) is 83.3 Å². The third-order valence-electron chi connectivity index (χ3n) is 4.39. The molecule has 33 heavy (non-hydrogen) atoms. The molecule has 1 heterocycles. The van der Waals surface area contributed by atoms with Crippen molar-refractivity contribution < 1.29 is 22.4 Å². The van der Waals surface area contributed by atoms with Crippen LogP contribution in [0.25, 0.3) is 11.3 Å². The maximum atomic E-state index is 13.8. The van der Waals surface area contributed by atoms with E-state index in [2.05, 4.69) is 22.3 Å². The number of aromatic nitrogens is 1. The van der Waals surface area contributed by atoms with Gasteiger partial charge in [-0.25, -0.2) is 12.8 Å². The first-order chi connectivity index (χ1) is 15.7. The molecule has 3 rings (SSSR count). The van der Waals surface area contributed by atoms with E-state index >= 15 is 0 Å². The lowest BCUT2D eigenvalue weighted by molar-refractivity contribution is -0.112. The molecular formula is C23H19FN4O4S. The normalized spacial score (nSPS) is 10.7. The van der Waals surface area contributed by atoms with Gasteiger partial charge in [0.2, 0.25) is 0 Å². The highest BCUT2D eigenvalue weighted by Gasteiger charge is 2.20. The van der Waals surface area contributed by atoms with Crippen molar-refractivity contribution in [2.45, 2.75) is 18.2 Å².